The molecule has 0 radical (unpaired) electrons. The molecule has 3 N–H and O–H groups in total. The summed E-state index contributed by atoms with van der Waals surface area (Å²) in [7, 11) is 0. The Balaban J connectivity index is -0.000000125. The number of hydrogen-bond donors (Lipinski definition) is 3. The zero-order valence-corrected chi connectivity index (χ0v) is 3.74. The minimum absolute atomic E-state index is 0. The van der Waals surface area contributed by atoms with E-state index in [0.29, 0.717) is 0 Å². The summed E-state index contributed by atoms with van der Waals surface area (Å²) < 4.78 is 1.82. The number of hydrogen-bond acceptors (Lipinski definition) is 4. The molecule has 0 fully saturated rings. The molecule has 0 aliphatic rings. The quantitative estimate of drug-likeness (QED) is 0.219. The van der Waals surface area contributed by atoms with Crippen molar-refractivity contribution in [2.75, 3.05) is 0 Å². The van der Waals surface area contributed by atoms with Crippen molar-refractivity contribution >= 4 is 78.0 Å². The van der Waals surface area contributed by atoms with E-state index in [-0.39, 0.29) is 59.1 Å². The van der Waals surface area contributed by atoms with Crippen LogP contribution in [0.5, 0.6) is 0 Å². The van der Waals surface area contributed by atoms with Crippen molar-refractivity contribution in [1.82, 2.24) is 4.72 Å². The summed E-state index contributed by atoms with van der Waals surface area (Å²) in [6, 6.07) is 0. The van der Waals surface area contributed by atoms with E-state index in [2.05, 4.69) is 23.5 Å². The maximum absolute atomic E-state index is 9.65. The van der Waals surface area contributed by atoms with Crippen molar-refractivity contribution in [2.45, 2.75) is 0 Å². The second-order valence-electron chi connectivity index (χ2n) is 0.517. The molecule has 0 unspecified atom stereocenters. The molecule has 4 nitrogen and oxygen atoms in total. The van der Waals surface area contributed by atoms with Crippen LogP contribution in [0.25, 0.3) is 0 Å². The number of nitrogens with one attached hydrogen (secondary N) is 1. The van der Waals surface area contributed by atoms with Gasteiger partial charge in [-0.25, -0.2) is 4.79 Å². The van der Waals surface area contributed by atoms with Crippen molar-refractivity contribution in [1.29, 1.82) is 0 Å². The average Bonchev–Trinajstić information content (AvgIpc) is 1.65. The Morgan fingerprint density at radius 2 is 2.00 bits per heavy atom. The SMILES string of the molecule is NOC(=O)NS.[NaH].[NaH]. The average molecular weight is 156 g/mol. The summed E-state index contributed by atoms with van der Waals surface area (Å²) in [5, 5.41) is 0. The third-order valence-corrected chi connectivity index (χ3v) is 0.381. The van der Waals surface area contributed by atoms with Gasteiger partial charge in [0.25, 0.3) is 0 Å². The van der Waals surface area contributed by atoms with E-state index in [1.54, 1.807) is 0 Å². The normalized spacial score (nSPS) is 5.25. The molecule has 7 heteroatoms. The van der Waals surface area contributed by atoms with E-state index < -0.39 is 6.09 Å². The summed E-state index contributed by atoms with van der Waals surface area (Å²) in [6.07, 6.45) is -0.765. The van der Waals surface area contributed by atoms with E-state index in [1.807, 2.05) is 4.72 Å². The predicted molar refractivity (Wildman–Crippen MR) is 37.1 cm³/mol. The van der Waals surface area contributed by atoms with Crippen LogP contribution in [0.2, 0.25) is 0 Å². The van der Waals surface area contributed by atoms with Gasteiger partial charge in [0.05, 0.1) is 0 Å². The molecular weight excluding hydrogens is 150 g/mol. The molecule has 0 aliphatic carbocycles. The van der Waals surface area contributed by atoms with Crippen LogP contribution < -0.4 is 10.6 Å². The van der Waals surface area contributed by atoms with Gasteiger partial charge in [0.2, 0.25) is 0 Å². The first-order chi connectivity index (χ1) is 2.81. The zero-order valence-electron chi connectivity index (χ0n) is 2.84. The van der Waals surface area contributed by atoms with Crippen LogP contribution in [0, 0.1) is 0 Å². The summed E-state index contributed by atoms with van der Waals surface area (Å²) in [4.78, 5) is 13.2. The summed E-state index contributed by atoms with van der Waals surface area (Å²) >= 11 is 3.29. The first-order valence-electron chi connectivity index (χ1n) is 1.12. The molecule has 0 heterocycles. The molecule has 8 heavy (non-hydrogen) atoms. The van der Waals surface area contributed by atoms with Crippen molar-refractivity contribution in [3.63, 3.8) is 0 Å². The van der Waals surface area contributed by atoms with Gasteiger partial charge in [-0.1, -0.05) is 12.8 Å². The zero-order chi connectivity index (χ0) is 4.99. The summed E-state index contributed by atoms with van der Waals surface area (Å²) in [5.74, 6) is 4.32. The summed E-state index contributed by atoms with van der Waals surface area (Å²) in [6.45, 7) is 0. The number of amides is 1. The molecule has 0 aromatic carbocycles. The molecule has 0 rings (SSSR count). The van der Waals surface area contributed by atoms with Crippen molar-refractivity contribution in [2.24, 2.45) is 5.90 Å². The molecule has 0 atom stereocenters. The molecule has 0 bridgehead atoms. The number of carbonyl (C=O) groups is 1. The molecular formula is CH6N2Na2O2S. The molecule has 0 spiro atoms. The fourth-order valence-corrected chi connectivity index (χ4v) is 0.0791. The number of thiol groups is 1. The van der Waals surface area contributed by atoms with Gasteiger partial charge >= 0.3 is 65.2 Å². The van der Waals surface area contributed by atoms with Gasteiger partial charge in [-0.3, -0.25) is 4.72 Å². The van der Waals surface area contributed by atoms with Crippen LogP contribution in [0.3, 0.4) is 0 Å². The second kappa shape index (κ2) is 11.4. The topological polar surface area (TPSA) is 64.3 Å². The second-order valence-corrected chi connectivity index (χ2v) is 0.741. The van der Waals surface area contributed by atoms with E-state index in [9.17, 15) is 4.79 Å². The van der Waals surface area contributed by atoms with Gasteiger partial charge in [0.15, 0.2) is 0 Å². The molecule has 0 saturated heterocycles. The van der Waals surface area contributed by atoms with E-state index in [0.717, 1.165) is 0 Å². The Morgan fingerprint density at radius 1 is 1.62 bits per heavy atom. The van der Waals surface area contributed by atoms with Crippen LogP contribution >= 0.6 is 12.8 Å². The monoisotopic (exact) mass is 156 g/mol. The van der Waals surface area contributed by atoms with Gasteiger partial charge in [0, 0.05) is 0 Å². The minimum atomic E-state index is -0.765. The van der Waals surface area contributed by atoms with Crippen LogP contribution in [-0.4, -0.2) is 65.2 Å². The Kier molecular flexibility index (Phi) is 23.2. The number of nitrogens with two attached hydrogens (primary N) is 1. The molecule has 40 valence electrons. The number of rotatable bonds is 0. The van der Waals surface area contributed by atoms with Crippen LogP contribution in [0.1, 0.15) is 0 Å². The fraction of sp³-hybridized carbons (Fsp3) is 0. The van der Waals surface area contributed by atoms with Gasteiger partial charge in [0.1, 0.15) is 0 Å². The van der Waals surface area contributed by atoms with E-state index in [1.165, 1.54) is 0 Å². The molecule has 1 amide bonds. The predicted octanol–water partition coefficient (Wildman–Crippen LogP) is -1.87. The number of carbonyl (C=O) groups excluding carboxylic acids is 1. The maximum atomic E-state index is 9.65. The van der Waals surface area contributed by atoms with Gasteiger partial charge in [-0.05, 0) is 0 Å². The van der Waals surface area contributed by atoms with Crippen LogP contribution in [0.4, 0.5) is 4.79 Å². The standard InChI is InChI=1S/CH4N2O2S.2Na.2H/c2-5-1(4)3-6;;;;/h6H,2H2,(H,3,4);;;;. The van der Waals surface area contributed by atoms with E-state index >= 15 is 0 Å². The van der Waals surface area contributed by atoms with Crippen molar-refractivity contribution in [3.8, 4) is 0 Å². The first-order valence-corrected chi connectivity index (χ1v) is 1.56. The van der Waals surface area contributed by atoms with Gasteiger partial charge in [-0.2, -0.15) is 5.90 Å². The third kappa shape index (κ3) is 10.5. The summed E-state index contributed by atoms with van der Waals surface area (Å²) in [5.41, 5.74) is 0. The van der Waals surface area contributed by atoms with Crippen molar-refractivity contribution in [3.05, 3.63) is 0 Å². The Labute approximate surface area is 97.0 Å². The Hall–Kier alpha value is 1.58. The molecule has 0 aliphatic heterocycles. The van der Waals surface area contributed by atoms with Crippen molar-refractivity contribution < 1.29 is 9.63 Å². The Morgan fingerprint density at radius 3 is 2.00 bits per heavy atom. The van der Waals surface area contributed by atoms with Gasteiger partial charge < -0.3 is 4.84 Å². The van der Waals surface area contributed by atoms with Crippen LogP contribution in [-0.2, 0) is 4.84 Å². The molecule has 0 saturated carbocycles. The van der Waals surface area contributed by atoms with E-state index in [4.69, 9.17) is 0 Å². The van der Waals surface area contributed by atoms with Crippen LogP contribution in [0.15, 0.2) is 0 Å². The third-order valence-electron chi connectivity index (χ3n) is 0.198. The molecule has 0 aromatic rings. The first kappa shape index (κ1) is 16.3. The molecule has 0 aromatic heterocycles. The Bertz CT molecular complexity index is 56.0. The van der Waals surface area contributed by atoms with Gasteiger partial charge in [-0.15, -0.1) is 0 Å². The fourth-order valence-electron chi connectivity index (χ4n) is 0.0264.